The van der Waals surface area contributed by atoms with Crippen molar-refractivity contribution in [2.24, 2.45) is 0 Å². The number of aromatic nitrogens is 5. The predicted octanol–water partition coefficient (Wildman–Crippen LogP) is 3.42. The van der Waals surface area contributed by atoms with E-state index in [9.17, 15) is 9.59 Å². The van der Waals surface area contributed by atoms with Gasteiger partial charge in [0.25, 0.3) is 11.5 Å². The summed E-state index contributed by atoms with van der Waals surface area (Å²) in [5.41, 5.74) is 3.39. The summed E-state index contributed by atoms with van der Waals surface area (Å²) in [5, 5.41) is 13.3. The van der Waals surface area contributed by atoms with E-state index in [0.29, 0.717) is 46.3 Å². The summed E-state index contributed by atoms with van der Waals surface area (Å²) >= 11 is 0. The van der Waals surface area contributed by atoms with E-state index in [1.54, 1.807) is 36.7 Å². The third-order valence-corrected chi connectivity index (χ3v) is 6.46. The van der Waals surface area contributed by atoms with Gasteiger partial charge in [-0.3, -0.25) is 14.6 Å². The number of amides is 1. The molecule has 1 amide bonds. The molecule has 9 nitrogen and oxygen atoms in total. The Morgan fingerprint density at radius 3 is 2.69 bits per heavy atom. The molecule has 0 unspecified atom stereocenters. The molecule has 35 heavy (non-hydrogen) atoms. The number of aromatic amines is 2. The van der Waals surface area contributed by atoms with Crippen molar-refractivity contribution in [3.05, 3.63) is 64.7 Å². The van der Waals surface area contributed by atoms with Crippen LogP contribution in [0.25, 0.3) is 33.7 Å². The number of carbonyl (C=O) groups is 1. The van der Waals surface area contributed by atoms with E-state index in [4.69, 9.17) is 0 Å². The lowest BCUT2D eigenvalue weighted by Crippen LogP contribution is -2.34. The van der Waals surface area contributed by atoms with Gasteiger partial charge in [-0.1, -0.05) is 19.3 Å². The number of fused-ring (bicyclic) bond motifs is 1. The van der Waals surface area contributed by atoms with E-state index in [2.05, 4.69) is 35.8 Å². The molecule has 4 aromatic rings. The normalized spacial score (nSPS) is 14.3. The first-order valence-corrected chi connectivity index (χ1v) is 12.2. The Balaban J connectivity index is 1.25. The second kappa shape index (κ2) is 10.6. The molecule has 0 aliphatic heterocycles. The summed E-state index contributed by atoms with van der Waals surface area (Å²) in [7, 11) is 0. The minimum absolute atomic E-state index is 0.123. The number of nitrogens with zero attached hydrogens (tertiary/aromatic N) is 3. The standard InChI is InChI=1S/C26H29N7O2/c34-25(29-12-4-11-28-19-5-2-1-3-6-19)18-7-8-21-23(15-18)31-24(30-21)20-16-22(32-33-26(20)35)17-9-13-27-14-10-17/h7-10,13-16,19,28H,1-6,11-12H2,(H,29,34)(H,30,31)(H,33,35). The van der Waals surface area contributed by atoms with Crippen LogP contribution in [0.15, 0.2) is 53.6 Å². The number of imidazole rings is 1. The van der Waals surface area contributed by atoms with Crippen LogP contribution in [0.2, 0.25) is 0 Å². The molecule has 1 aliphatic carbocycles. The topological polar surface area (TPSA) is 128 Å². The SMILES string of the molecule is O=C(NCCCNC1CCCCC1)c1ccc2nc(-c3cc(-c4ccncc4)n[nH]c3=O)[nH]c2c1. The Hall–Kier alpha value is -3.85. The van der Waals surface area contributed by atoms with Gasteiger partial charge >= 0.3 is 0 Å². The highest BCUT2D eigenvalue weighted by Gasteiger charge is 2.14. The highest BCUT2D eigenvalue weighted by molar-refractivity contribution is 5.97. The van der Waals surface area contributed by atoms with Crippen LogP contribution >= 0.6 is 0 Å². The second-order valence-electron chi connectivity index (χ2n) is 8.95. The highest BCUT2D eigenvalue weighted by Crippen LogP contribution is 2.22. The van der Waals surface area contributed by atoms with Gasteiger partial charge in [0.15, 0.2) is 0 Å². The van der Waals surface area contributed by atoms with E-state index in [0.717, 1.165) is 18.5 Å². The zero-order valence-electron chi connectivity index (χ0n) is 19.5. The smallest absolute Gasteiger partial charge is 0.275 e. The number of hydrogen-bond acceptors (Lipinski definition) is 6. The van der Waals surface area contributed by atoms with Crippen molar-refractivity contribution in [3.63, 3.8) is 0 Å². The highest BCUT2D eigenvalue weighted by atomic mass is 16.1. The van der Waals surface area contributed by atoms with Crippen LogP contribution in [0.1, 0.15) is 48.9 Å². The monoisotopic (exact) mass is 471 g/mol. The number of carbonyl (C=O) groups excluding carboxylic acids is 1. The van der Waals surface area contributed by atoms with Crippen LogP contribution in [-0.2, 0) is 0 Å². The Labute approximate surface area is 202 Å². The Morgan fingerprint density at radius 2 is 1.86 bits per heavy atom. The molecule has 1 aliphatic rings. The maximum atomic E-state index is 12.7. The molecule has 180 valence electrons. The van der Waals surface area contributed by atoms with Crippen molar-refractivity contribution in [1.82, 2.24) is 35.8 Å². The molecule has 0 atom stereocenters. The van der Waals surface area contributed by atoms with Gasteiger partial charge in [-0.15, -0.1) is 0 Å². The molecule has 0 bridgehead atoms. The van der Waals surface area contributed by atoms with Gasteiger partial charge in [-0.2, -0.15) is 5.10 Å². The maximum Gasteiger partial charge on any atom is 0.275 e. The third kappa shape index (κ3) is 5.46. The molecule has 1 aromatic carbocycles. The van der Waals surface area contributed by atoms with E-state index >= 15 is 0 Å². The first-order valence-electron chi connectivity index (χ1n) is 12.2. The quantitative estimate of drug-likeness (QED) is 0.292. The summed E-state index contributed by atoms with van der Waals surface area (Å²) in [6, 6.07) is 11.3. The molecular formula is C26H29N7O2. The average molecular weight is 472 g/mol. The number of hydrogen-bond donors (Lipinski definition) is 4. The molecule has 9 heteroatoms. The molecule has 3 aromatic heterocycles. The van der Waals surface area contributed by atoms with Gasteiger partial charge in [-0.05, 0) is 62.2 Å². The maximum absolute atomic E-state index is 12.7. The fraction of sp³-hybridized carbons (Fsp3) is 0.346. The summed E-state index contributed by atoms with van der Waals surface area (Å²) < 4.78 is 0. The number of benzene rings is 1. The van der Waals surface area contributed by atoms with E-state index < -0.39 is 0 Å². The largest absolute Gasteiger partial charge is 0.352 e. The van der Waals surface area contributed by atoms with Gasteiger partial charge in [0.1, 0.15) is 5.82 Å². The van der Waals surface area contributed by atoms with Crippen molar-refractivity contribution < 1.29 is 4.79 Å². The summed E-state index contributed by atoms with van der Waals surface area (Å²) in [5.74, 6) is 0.299. The summed E-state index contributed by atoms with van der Waals surface area (Å²) in [4.78, 5) is 36.9. The molecule has 3 heterocycles. The van der Waals surface area contributed by atoms with Gasteiger partial charge in [0.2, 0.25) is 0 Å². The minimum Gasteiger partial charge on any atom is -0.352 e. The fourth-order valence-corrected chi connectivity index (χ4v) is 4.54. The second-order valence-corrected chi connectivity index (χ2v) is 8.95. The molecule has 0 saturated heterocycles. The first kappa shape index (κ1) is 22.9. The van der Waals surface area contributed by atoms with Crippen LogP contribution < -0.4 is 16.2 Å². The zero-order valence-corrected chi connectivity index (χ0v) is 19.5. The van der Waals surface area contributed by atoms with E-state index in [1.807, 2.05) is 12.1 Å². The number of H-pyrrole nitrogens is 2. The average Bonchev–Trinajstić information content (AvgIpc) is 3.33. The molecule has 1 fully saturated rings. The van der Waals surface area contributed by atoms with Gasteiger partial charge in [0.05, 0.1) is 22.3 Å². The molecular weight excluding hydrogens is 442 g/mol. The lowest BCUT2D eigenvalue weighted by atomic mass is 9.95. The van der Waals surface area contributed by atoms with Crippen LogP contribution in [0.3, 0.4) is 0 Å². The Morgan fingerprint density at radius 1 is 1.03 bits per heavy atom. The first-order chi connectivity index (χ1) is 17.2. The van der Waals surface area contributed by atoms with Crippen LogP contribution in [0.4, 0.5) is 0 Å². The van der Waals surface area contributed by atoms with E-state index in [-0.39, 0.29) is 11.5 Å². The van der Waals surface area contributed by atoms with Crippen molar-refractivity contribution >= 4 is 16.9 Å². The number of rotatable bonds is 8. The van der Waals surface area contributed by atoms with Crippen LogP contribution in [-0.4, -0.2) is 50.2 Å². The molecule has 5 rings (SSSR count). The van der Waals surface area contributed by atoms with Crippen LogP contribution in [0.5, 0.6) is 0 Å². The lowest BCUT2D eigenvalue weighted by molar-refractivity contribution is 0.0953. The zero-order chi connectivity index (χ0) is 24.0. The fourth-order valence-electron chi connectivity index (χ4n) is 4.54. The van der Waals surface area contributed by atoms with Gasteiger partial charge in [0, 0.05) is 36.1 Å². The van der Waals surface area contributed by atoms with Gasteiger partial charge in [-0.25, -0.2) is 10.1 Å². The van der Waals surface area contributed by atoms with Gasteiger partial charge < -0.3 is 15.6 Å². The Kier molecular flexibility index (Phi) is 6.94. The number of nitrogens with one attached hydrogen (secondary N) is 4. The van der Waals surface area contributed by atoms with Crippen molar-refractivity contribution in [2.75, 3.05) is 13.1 Å². The molecule has 0 radical (unpaired) electrons. The Bertz CT molecular complexity index is 1360. The lowest BCUT2D eigenvalue weighted by Gasteiger charge is -2.22. The number of pyridine rings is 1. The third-order valence-electron chi connectivity index (χ3n) is 6.46. The van der Waals surface area contributed by atoms with Crippen molar-refractivity contribution in [2.45, 2.75) is 44.6 Å². The predicted molar refractivity (Wildman–Crippen MR) is 135 cm³/mol. The molecule has 4 N–H and O–H groups in total. The van der Waals surface area contributed by atoms with Crippen molar-refractivity contribution in [1.29, 1.82) is 0 Å². The minimum atomic E-state index is -0.346. The molecule has 0 spiro atoms. The summed E-state index contributed by atoms with van der Waals surface area (Å²) in [6.45, 7) is 1.53. The molecule has 1 saturated carbocycles. The van der Waals surface area contributed by atoms with Crippen molar-refractivity contribution in [3.8, 4) is 22.6 Å². The van der Waals surface area contributed by atoms with Crippen LogP contribution in [0, 0.1) is 0 Å². The van der Waals surface area contributed by atoms with E-state index in [1.165, 1.54) is 32.1 Å². The summed E-state index contributed by atoms with van der Waals surface area (Å²) in [6.07, 6.45) is 10.7.